The minimum atomic E-state index is -0.552. The molecule has 0 aliphatic carbocycles. The molecule has 1 aromatic heterocycles. The van der Waals surface area contributed by atoms with E-state index in [0.717, 1.165) is 11.1 Å². The van der Waals surface area contributed by atoms with E-state index in [2.05, 4.69) is 4.74 Å². The van der Waals surface area contributed by atoms with Crippen LogP contribution in [0, 0.1) is 6.92 Å². The molecule has 1 heterocycles. The van der Waals surface area contributed by atoms with Crippen molar-refractivity contribution in [2.45, 2.75) is 20.0 Å². The molecule has 1 amide bonds. The van der Waals surface area contributed by atoms with Crippen LogP contribution in [0.5, 0.6) is 0 Å². The Hall–Kier alpha value is -2.89. The molecule has 0 aliphatic rings. The SMILES string of the molecule is COC(=O)c1ccc(=O)n(CC(=O)N(C)Cc2ccc(C)cc2)c1. The highest BCUT2D eigenvalue weighted by Gasteiger charge is 2.13. The molecule has 0 radical (unpaired) electrons. The number of aromatic nitrogens is 1. The lowest BCUT2D eigenvalue weighted by Gasteiger charge is -2.18. The van der Waals surface area contributed by atoms with E-state index in [4.69, 9.17) is 0 Å². The van der Waals surface area contributed by atoms with E-state index in [-0.39, 0.29) is 23.6 Å². The molecular weight excluding hydrogens is 308 g/mol. The van der Waals surface area contributed by atoms with Gasteiger partial charge in [-0.25, -0.2) is 4.79 Å². The van der Waals surface area contributed by atoms with Crippen molar-refractivity contribution in [2.75, 3.05) is 14.2 Å². The summed E-state index contributed by atoms with van der Waals surface area (Å²) >= 11 is 0. The van der Waals surface area contributed by atoms with Gasteiger partial charge in [0.1, 0.15) is 6.54 Å². The van der Waals surface area contributed by atoms with Gasteiger partial charge < -0.3 is 14.2 Å². The number of hydrogen-bond donors (Lipinski definition) is 0. The van der Waals surface area contributed by atoms with Crippen molar-refractivity contribution in [2.24, 2.45) is 0 Å². The third-order valence-electron chi connectivity index (χ3n) is 3.68. The molecule has 0 saturated carbocycles. The summed E-state index contributed by atoms with van der Waals surface area (Å²) in [6, 6.07) is 10.5. The largest absolute Gasteiger partial charge is 0.465 e. The van der Waals surface area contributed by atoms with Crippen LogP contribution in [0.15, 0.2) is 47.4 Å². The zero-order valence-electron chi connectivity index (χ0n) is 14.0. The van der Waals surface area contributed by atoms with E-state index in [1.807, 2.05) is 31.2 Å². The lowest BCUT2D eigenvalue weighted by atomic mass is 10.1. The molecule has 6 nitrogen and oxygen atoms in total. The molecule has 0 saturated heterocycles. The number of benzene rings is 1. The van der Waals surface area contributed by atoms with Gasteiger partial charge >= 0.3 is 5.97 Å². The highest BCUT2D eigenvalue weighted by molar-refractivity contribution is 5.89. The van der Waals surface area contributed by atoms with Crippen molar-refractivity contribution >= 4 is 11.9 Å². The average Bonchev–Trinajstić information content (AvgIpc) is 2.58. The summed E-state index contributed by atoms with van der Waals surface area (Å²) in [6.45, 7) is 2.32. The number of nitrogens with zero attached hydrogens (tertiary/aromatic N) is 2. The van der Waals surface area contributed by atoms with E-state index in [9.17, 15) is 14.4 Å². The Balaban J connectivity index is 2.09. The summed E-state index contributed by atoms with van der Waals surface area (Å²) in [7, 11) is 2.94. The smallest absolute Gasteiger partial charge is 0.339 e. The fourth-order valence-electron chi connectivity index (χ4n) is 2.22. The Morgan fingerprint density at radius 3 is 2.42 bits per heavy atom. The second kappa shape index (κ2) is 7.59. The standard InChI is InChI=1S/C18H20N2O4/c1-13-4-6-14(7-5-13)10-19(2)17(22)12-20-11-15(18(23)24-3)8-9-16(20)21/h4-9,11H,10,12H2,1-3H3. The molecule has 2 rings (SSSR count). The quantitative estimate of drug-likeness (QED) is 0.782. The zero-order valence-corrected chi connectivity index (χ0v) is 14.0. The molecular formula is C18H20N2O4. The Labute approximate surface area is 140 Å². The van der Waals surface area contributed by atoms with Gasteiger partial charge in [0, 0.05) is 25.9 Å². The Bertz CT molecular complexity index is 793. The summed E-state index contributed by atoms with van der Waals surface area (Å²) in [5.74, 6) is -0.774. The number of carbonyl (C=O) groups is 2. The molecule has 126 valence electrons. The second-order valence-electron chi connectivity index (χ2n) is 5.61. The van der Waals surface area contributed by atoms with Gasteiger partial charge in [0.05, 0.1) is 12.7 Å². The number of rotatable bonds is 5. The maximum atomic E-state index is 12.3. The third-order valence-corrected chi connectivity index (χ3v) is 3.68. The Morgan fingerprint density at radius 2 is 1.79 bits per heavy atom. The van der Waals surface area contributed by atoms with Crippen molar-refractivity contribution in [1.82, 2.24) is 9.47 Å². The Morgan fingerprint density at radius 1 is 1.12 bits per heavy atom. The molecule has 0 bridgehead atoms. The molecule has 0 fully saturated rings. The minimum Gasteiger partial charge on any atom is -0.465 e. The van der Waals surface area contributed by atoms with Gasteiger partial charge in [-0.3, -0.25) is 9.59 Å². The fourth-order valence-corrected chi connectivity index (χ4v) is 2.22. The first kappa shape index (κ1) is 17.5. The summed E-state index contributed by atoms with van der Waals surface area (Å²) in [6.07, 6.45) is 1.34. The van der Waals surface area contributed by atoms with Gasteiger partial charge in [-0.1, -0.05) is 29.8 Å². The number of amides is 1. The zero-order chi connectivity index (χ0) is 17.7. The van der Waals surface area contributed by atoms with E-state index < -0.39 is 5.97 Å². The molecule has 24 heavy (non-hydrogen) atoms. The topological polar surface area (TPSA) is 68.6 Å². The molecule has 0 aliphatic heterocycles. The van der Waals surface area contributed by atoms with Gasteiger partial charge in [0.2, 0.25) is 5.91 Å². The first-order chi connectivity index (χ1) is 11.4. The van der Waals surface area contributed by atoms with Gasteiger partial charge in [-0.05, 0) is 18.6 Å². The van der Waals surface area contributed by atoms with Crippen LogP contribution in [-0.4, -0.2) is 35.5 Å². The van der Waals surface area contributed by atoms with Crippen LogP contribution in [0.3, 0.4) is 0 Å². The van der Waals surface area contributed by atoms with Crippen LogP contribution in [0.1, 0.15) is 21.5 Å². The fraction of sp³-hybridized carbons (Fsp3) is 0.278. The Kier molecular flexibility index (Phi) is 5.52. The van der Waals surface area contributed by atoms with Crippen molar-refractivity contribution in [3.63, 3.8) is 0 Å². The van der Waals surface area contributed by atoms with Crippen LogP contribution < -0.4 is 5.56 Å². The minimum absolute atomic E-state index is 0.133. The summed E-state index contributed by atoms with van der Waals surface area (Å²) in [5.41, 5.74) is 2.04. The van der Waals surface area contributed by atoms with Gasteiger partial charge in [-0.15, -0.1) is 0 Å². The van der Waals surface area contributed by atoms with Crippen LogP contribution in [0.2, 0.25) is 0 Å². The van der Waals surface area contributed by atoms with Crippen LogP contribution >= 0.6 is 0 Å². The van der Waals surface area contributed by atoms with Crippen molar-refractivity contribution in [3.05, 3.63) is 69.6 Å². The maximum absolute atomic E-state index is 12.3. The number of methoxy groups -OCH3 is 1. The van der Waals surface area contributed by atoms with E-state index >= 15 is 0 Å². The number of esters is 1. The van der Waals surface area contributed by atoms with E-state index in [0.29, 0.717) is 6.54 Å². The summed E-state index contributed by atoms with van der Waals surface area (Å²) in [5, 5.41) is 0. The summed E-state index contributed by atoms with van der Waals surface area (Å²) < 4.78 is 5.83. The highest BCUT2D eigenvalue weighted by atomic mass is 16.5. The maximum Gasteiger partial charge on any atom is 0.339 e. The number of carbonyl (C=O) groups excluding carboxylic acids is 2. The average molecular weight is 328 g/mol. The molecule has 2 aromatic rings. The molecule has 0 spiro atoms. The predicted octanol–water partition coefficient (Wildman–Crippen LogP) is 1.60. The van der Waals surface area contributed by atoms with E-state index in [1.54, 1.807) is 11.9 Å². The predicted molar refractivity (Wildman–Crippen MR) is 89.7 cm³/mol. The molecule has 1 aromatic carbocycles. The number of pyridine rings is 1. The van der Waals surface area contributed by atoms with Crippen LogP contribution in [0.4, 0.5) is 0 Å². The molecule has 0 unspecified atom stereocenters. The number of aryl methyl sites for hydroxylation is 1. The van der Waals surface area contributed by atoms with Crippen LogP contribution in [-0.2, 0) is 22.6 Å². The van der Waals surface area contributed by atoms with Gasteiger partial charge in [0.25, 0.3) is 5.56 Å². The third kappa shape index (κ3) is 4.32. The second-order valence-corrected chi connectivity index (χ2v) is 5.61. The lowest BCUT2D eigenvalue weighted by Crippen LogP contribution is -2.33. The first-order valence-electron chi connectivity index (χ1n) is 7.49. The molecule has 0 N–H and O–H groups in total. The number of ether oxygens (including phenoxy) is 1. The van der Waals surface area contributed by atoms with Gasteiger partial charge in [-0.2, -0.15) is 0 Å². The van der Waals surface area contributed by atoms with Crippen molar-refractivity contribution in [1.29, 1.82) is 0 Å². The van der Waals surface area contributed by atoms with Crippen molar-refractivity contribution in [3.8, 4) is 0 Å². The molecule has 0 atom stereocenters. The molecule has 6 heteroatoms. The lowest BCUT2D eigenvalue weighted by molar-refractivity contribution is -0.131. The number of hydrogen-bond acceptors (Lipinski definition) is 4. The highest BCUT2D eigenvalue weighted by Crippen LogP contribution is 2.06. The first-order valence-corrected chi connectivity index (χ1v) is 7.49. The monoisotopic (exact) mass is 328 g/mol. The van der Waals surface area contributed by atoms with Gasteiger partial charge in [0.15, 0.2) is 0 Å². The number of likely N-dealkylation sites (N-methyl/N-ethyl adjacent to an activating group) is 1. The van der Waals surface area contributed by atoms with Crippen molar-refractivity contribution < 1.29 is 14.3 Å². The summed E-state index contributed by atoms with van der Waals surface area (Å²) in [4.78, 5) is 37.3. The normalized spacial score (nSPS) is 10.3. The van der Waals surface area contributed by atoms with E-state index in [1.165, 1.54) is 30.0 Å². The van der Waals surface area contributed by atoms with Crippen LogP contribution in [0.25, 0.3) is 0 Å².